The third-order valence-corrected chi connectivity index (χ3v) is 9.00. The van der Waals surface area contributed by atoms with Gasteiger partial charge >= 0.3 is 0 Å². The third kappa shape index (κ3) is 5.86. The number of likely N-dealkylation sites (tertiary alicyclic amines) is 1. The van der Waals surface area contributed by atoms with Gasteiger partial charge in [0.2, 0.25) is 23.5 Å². The number of ketones is 1. The van der Waals surface area contributed by atoms with E-state index in [4.69, 9.17) is 11.1 Å². The molecular weight excluding hydrogens is 530 g/mol. The lowest BCUT2D eigenvalue weighted by atomic mass is 9.86. The van der Waals surface area contributed by atoms with Crippen molar-refractivity contribution in [3.63, 3.8) is 0 Å². The van der Waals surface area contributed by atoms with Crippen molar-refractivity contribution in [2.75, 3.05) is 26.2 Å². The molecule has 3 aliphatic heterocycles. The van der Waals surface area contributed by atoms with Crippen LogP contribution in [0.25, 0.3) is 0 Å². The van der Waals surface area contributed by atoms with Crippen molar-refractivity contribution < 1.29 is 19.2 Å². The van der Waals surface area contributed by atoms with Crippen molar-refractivity contribution in [1.29, 1.82) is 5.41 Å². The number of fused-ring (bicyclic) bond motifs is 1. The Morgan fingerprint density at radius 2 is 1.88 bits per heavy atom. The molecule has 3 atom stereocenters. The van der Waals surface area contributed by atoms with Crippen molar-refractivity contribution in [2.24, 2.45) is 11.7 Å². The highest BCUT2D eigenvalue weighted by Gasteiger charge is 2.49. The third-order valence-electron chi connectivity index (χ3n) is 8.21. The Morgan fingerprint density at radius 3 is 2.55 bits per heavy atom. The van der Waals surface area contributed by atoms with Crippen LogP contribution in [0.2, 0.25) is 0 Å². The molecule has 0 saturated carbocycles. The average Bonchev–Trinajstić information content (AvgIpc) is 3.66. The number of piperidine rings is 1. The number of Topliss-reactive ketones (excluding diaryl/α,β-unsaturated/α-hetero) is 1. The summed E-state index contributed by atoms with van der Waals surface area (Å²) in [5, 5.41) is 12.7. The van der Waals surface area contributed by atoms with Crippen LogP contribution in [0.3, 0.4) is 0 Å². The number of nitrogens with zero attached hydrogens (tertiary/aromatic N) is 4. The maximum absolute atomic E-state index is 13.6. The van der Waals surface area contributed by atoms with Crippen LogP contribution in [0.1, 0.15) is 47.5 Å². The lowest BCUT2D eigenvalue weighted by Crippen LogP contribution is -2.62. The second-order valence-electron chi connectivity index (χ2n) is 10.7. The van der Waals surface area contributed by atoms with Gasteiger partial charge in [-0.15, -0.1) is 11.3 Å². The Bertz CT molecular complexity index is 1250. The number of nitrogens with one attached hydrogen (secondary N) is 2. The Balaban J connectivity index is 1.23. The molecule has 1 aromatic carbocycles. The zero-order valence-corrected chi connectivity index (χ0v) is 23.1. The Hall–Kier alpha value is -3.80. The molecule has 212 valence electrons. The lowest BCUT2D eigenvalue weighted by Gasteiger charge is -2.39. The number of aromatic nitrogens is 1. The minimum Gasteiger partial charge on any atom is -0.370 e. The molecule has 3 saturated heterocycles. The summed E-state index contributed by atoms with van der Waals surface area (Å²) in [6, 6.07) is 7.77. The molecule has 1 unspecified atom stereocenters. The Morgan fingerprint density at radius 1 is 1.12 bits per heavy atom. The van der Waals surface area contributed by atoms with E-state index in [-0.39, 0.29) is 36.0 Å². The summed E-state index contributed by atoms with van der Waals surface area (Å²) in [6.45, 7) is 1.48. The van der Waals surface area contributed by atoms with E-state index in [0.29, 0.717) is 50.3 Å². The summed E-state index contributed by atoms with van der Waals surface area (Å²) in [7, 11) is 0. The van der Waals surface area contributed by atoms with Crippen LogP contribution < -0.4 is 11.1 Å². The molecular formula is C28H35N7O4S. The van der Waals surface area contributed by atoms with Gasteiger partial charge in [-0.3, -0.25) is 24.6 Å². The zero-order chi connectivity index (χ0) is 28.2. The lowest BCUT2D eigenvalue weighted by molar-refractivity contribution is -0.157. The first kappa shape index (κ1) is 27.8. The SMILES string of the molecule is N=C(N)N1CCC(C(NC(=O)[C@H]2CC[C@@H]3C(=O)N(CCCc4ccccc4)CC(=O)N23)C(=O)c2nccs2)CC1. The van der Waals surface area contributed by atoms with Crippen LogP contribution in [-0.4, -0.2) is 93.5 Å². The van der Waals surface area contributed by atoms with Gasteiger partial charge in [-0.1, -0.05) is 30.3 Å². The molecule has 0 aliphatic carbocycles. The van der Waals surface area contributed by atoms with Crippen LogP contribution in [0.15, 0.2) is 41.9 Å². The van der Waals surface area contributed by atoms with Gasteiger partial charge in [0, 0.05) is 31.2 Å². The number of hydrogen-bond donors (Lipinski definition) is 3. The molecule has 3 fully saturated rings. The van der Waals surface area contributed by atoms with Crippen molar-refractivity contribution in [2.45, 2.75) is 56.7 Å². The van der Waals surface area contributed by atoms with E-state index < -0.39 is 24.0 Å². The monoisotopic (exact) mass is 565 g/mol. The number of hydrogen-bond acceptors (Lipinski definition) is 7. The van der Waals surface area contributed by atoms with E-state index in [1.165, 1.54) is 21.8 Å². The van der Waals surface area contributed by atoms with Crippen LogP contribution in [0, 0.1) is 11.3 Å². The second kappa shape index (κ2) is 12.2. The molecule has 1 aromatic heterocycles. The highest BCUT2D eigenvalue weighted by molar-refractivity contribution is 7.11. The molecule has 3 amide bonds. The first-order valence-corrected chi connectivity index (χ1v) is 14.7. The molecule has 5 rings (SSSR count). The number of thiazole rings is 1. The standard InChI is InChI=1S/C28H35N7O4S/c29-28(30)33-14-10-19(11-15-33)23(24(37)26-31-12-16-40-26)32-25(38)20-8-9-21-27(39)34(17-22(36)35(20)21)13-4-7-18-5-2-1-3-6-18/h1-3,5-6,12,16,19-21,23H,4,7-11,13-15,17H2,(H3,29,30)(H,32,38)/t20-,21-,23?/m1/s1. The van der Waals surface area contributed by atoms with Crippen LogP contribution in [-0.2, 0) is 20.8 Å². The fourth-order valence-electron chi connectivity index (χ4n) is 6.10. The van der Waals surface area contributed by atoms with E-state index in [2.05, 4.69) is 10.3 Å². The van der Waals surface area contributed by atoms with Crippen LogP contribution >= 0.6 is 11.3 Å². The predicted molar refractivity (Wildman–Crippen MR) is 150 cm³/mol. The summed E-state index contributed by atoms with van der Waals surface area (Å²) in [4.78, 5) is 62.5. The molecule has 3 aliphatic rings. The highest BCUT2D eigenvalue weighted by Crippen LogP contribution is 2.31. The smallest absolute Gasteiger partial charge is 0.245 e. The summed E-state index contributed by atoms with van der Waals surface area (Å²) in [6.07, 6.45) is 5.07. The molecule has 11 nitrogen and oxygen atoms in total. The molecule has 2 aromatic rings. The number of amides is 3. The van der Waals surface area contributed by atoms with Gasteiger partial charge < -0.3 is 25.8 Å². The Labute approximate surface area is 237 Å². The van der Waals surface area contributed by atoms with E-state index in [0.717, 1.165) is 12.8 Å². The highest BCUT2D eigenvalue weighted by atomic mass is 32.1. The molecule has 12 heteroatoms. The van der Waals surface area contributed by atoms with Crippen LogP contribution in [0.4, 0.5) is 0 Å². The molecule has 4 heterocycles. The van der Waals surface area contributed by atoms with Crippen molar-refractivity contribution >= 4 is 40.8 Å². The first-order chi connectivity index (χ1) is 19.3. The minimum absolute atomic E-state index is 0.00956. The fraction of sp³-hybridized carbons (Fsp3) is 0.500. The zero-order valence-electron chi connectivity index (χ0n) is 22.3. The number of piperazine rings is 1. The number of benzene rings is 1. The normalized spacial score (nSPS) is 22.2. The van der Waals surface area contributed by atoms with Crippen molar-refractivity contribution in [3.05, 3.63) is 52.5 Å². The van der Waals surface area contributed by atoms with Gasteiger partial charge in [0.1, 0.15) is 12.1 Å². The maximum atomic E-state index is 13.6. The van der Waals surface area contributed by atoms with Crippen LogP contribution in [0.5, 0.6) is 0 Å². The van der Waals surface area contributed by atoms with Gasteiger partial charge in [-0.2, -0.15) is 0 Å². The van der Waals surface area contributed by atoms with Gasteiger partial charge in [0.15, 0.2) is 11.0 Å². The summed E-state index contributed by atoms with van der Waals surface area (Å²) in [5.74, 6) is -1.19. The largest absolute Gasteiger partial charge is 0.370 e. The molecule has 40 heavy (non-hydrogen) atoms. The summed E-state index contributed by atoms with van der Waals surface area (Å²) >= 11 is 1.22. The first-order valence-electron chi connectivity index (χ1n) is 13.8. The second-order valence-corrected chi connectivity index (χ2v) is 11.6. The number of nitrogens with two attached hydrogens (primary N) is 1. The van der Waals surface area contributed by atoms with E-state index in [9.17, 15) is 19.2 Å². The van der Waals surface area contributed by atoms with Gasteiger partial charge in [-0.05, 0) is 50.0 Å². The fourth-order valence-corrected chi connectivity index (χ4v) is 6.71. The molecule has 4 N–H and O–H groups in total. The maximum Gasteiger partial charge on any atom is 0.245 e. The van der Waals surface area contributed by atoms with E-state index in [1.54, 1.807) is 21.4 Å². The summed E-state index contributed by atoms with van der Waals surface area (Å²) < 4.78 is 0. The number of carbonyl (C=O) groups excluding carboxylic acids is 4. The number of guanidine groups is 1. The number of carbonyl (C=O) groups is 4. The van der Waals surface area contributed by atoms with E-state index in [1.807, 2.05) is 30.3 Å². The van der Waals surface area contributed by atoms with E-state index >= 15 is 0 Å². The number of rotatable bonds is 9. The summed E-state index contributed by atoms with van der Waals surface area (Å²) in [5.41, 5.74) is 6.82. The topological polar surface area (TPSA) is 153 Å². The Kier molecular flexibility index (Phi) is 8.43. The van der Waals surface area contributed by atoms with Gasteiger partial charge in [0.25, 0.3) is 0 Å². The van der Waals surface area contributed by atoms with Crippen molar-refractivity contribution in [1.82, 2.24) is 25.0 Å². The molecule has 0 bridgehead atoms. The van der Waals surface area contributed by atoms with Gasteiger partial charge in [-0.25, -0.2) is 4.98 Å². The molecule has 0 spiro atoms. The minimum atomic E-state index is -0.808. The quantitative estimate of drug-likeness (QED) is 0.235. The predicted octanol–water partition coefficient (Wildman–Crippen LogP) is 1.25. The number of aryl methyl sites for hydroxylation is 1. The average molecular weight is 566 g/mol. The van der Waals surface area contributed by atoms with Crippen molar-refractivity contribution in [3.8, 4) is 0 Å². The van der Waals surface area contributed by atoms with Gasteiger partial charge in [0.05, 0.1) is 12.6 Å². The molecule has 0 radical (unpaired) electrons.